The van der Waals surface area contributed by atoms with Crippen molar-refractivity contribution in [3.05, 3.63) is 18.0 Å². The molecule has 0 saturated carbocycles. The summed E-state index contributed by atoms with van der Waals surface area (Å²) < 4.78 is 32.0. The Kier molecular flexibility index (Phi) is 4.57. The van der Waals surface area contributed by atoms with Gasteiger partial charge in [-0.3, -0.25) is 4.79 Å². The van der Waals surface area contributed by atoms with Gasteiger partial charge in [-0.1, -0.05) is 0 Å². The lowest BCUT2D eigenvalue weighted by molar-refractivity contribution is -0.154. The quantitative estimate of drug-likeness (QED) is 0.787. The Hall–Kier alpha value is -2.32. The van der Waals surface area contributed by atoms with Crippen LogP contribution in [0.5, 0.6) is 0 Å². The zero-order valence-corrected chi connectivity index (χ0v) is 14.4. The van der Waals surface area contributed by atoms with Crippen LogP contribution in [-0.2, 0) is 9.53 Å². The second kappa shape index (κ2) is 6.53. The van der Waals surface area contributed by atoms with Gasteiger partial charge in [0.15, 0.2) is 5.65 Å². The van der Waals surface area contributed by atoms with Gasteiger partial charge in [0.05, 0.1) is 12.5 Å². The molecule has 1 fully saturated rings. The van der Waals surface area contributed by atoms with E-state index < -0.39 is 17.7 Å². The summed E-state index contributed by atoms with van der Waals surface area (Å²) in [7, 11) is 1.39. The topological polar surface area (TPSA) is 72.6 Å². The molecule has 0 aromatic carbocycles. The number of anilines is 1. The van der Waals surface area contributed by atoms with Gasteiger partial charge in [0.2, 0.25) is 5.82 Å². The van der Waals surface area contributed by atoms with Gasteiger partial charge in [0.25, 0.3) is 6.43 Å². The predicted octanol–water partition coefficient (Wildman–Crippen LogP) is 2.48. The standard InChI is InChI=1S/C16H21F2N5O2/c1-16(2,15(24)25-3)10-5-4-8-22(9-10)12-7-6-11-19-20-14(13(17)18)23(11)21-12/h6-7,10,13H,4-5,8-9H2,1-3H3. The maximum Gasteiger partial charge on any atom is 0.311 e. The van der Waals surface area contributed by atoms with E-state index >= 15 is 0 Å². The van der Waals surface area contributed by atoms with Crippen molar-refractivity contribution in [3.63, 3.8) is 0 Å². The molecule has 0 radical (unpaired) electrons. The molecule has 1 unspecified atom stereocenters. The number of alkyl halides is 2. The molecule has 7 nitrogen and oxygen atoms in total. The highest BCUT2D eigenvalue weighted by Crippen LogP contribution is 2.36. The molecule has 1 aliphatic heterocycles. The summed E-state index contributed by atoms with van der Waals surface area (Å²) >= 11 is 0. The fourth-order valence-electron chi connectivity index (χ4n) is 3.30. The van der Waals surface area contributed by atoms with E-state index in [0.29, 0.717) is 12.4 Å². The maximum atomic E-state index is 13.0. The first-order valence-corrected chi connectivity index (χ1v) is 8.18. The van der Waals surface area contributed by atoms with E-state index in [4.69, 9.17) is 4.74 Å². The van der Waals surface area contributed by atoms with Gasteiger partial charge in [-0.25, -0.2) is 8.78 Å². The Balaban J connectivity index is 1.87. The molecule has 0 aliphatic carbocycles. The molecule has 2 aromatic rings. The van der Waals surface area contributed by atoms with Gasteiger partial charge in [-0.2, -0.15) is 4.52 Å². The fraction of sp³-hybridized carbons (Fsp3) is 0.625. The van der Waals surface area contributed by atoms with Crippen molar-refractivity contribution >= 4 is 17.4 Å². The molecule has 1 saturated heterocycles. The summed E-state index contributed by atoms with van der Waals surface area (Å²) in [5.74, 6) is -0.0666. The van der Waals surface area contributed by atoms with E-state index in [0.717, 1.165) is 23.9 Å². The van der Waals surface area contributed by atoms with Crippen molar-refractivity contribution < 1.29 is 18.3 Å². The highest BCUT2D eigenvalue weighted by Gasteiger charge is 2.40. The van der Waals surface area contributed by atoms with Crippen LogP contribution in [-0.4, -0.2) is 46.0 Å². The van der Waals surface area contributed by atoms with E-state index in [-0.39, 0.29) is 17.5 Å². The van der Waals surface area contributed by atoms with E-state index in [1.807, 2.05) is 18.7 Å². The van der Waals surface area contributed by atoms with Crippen molar-refractivity contribution in [2.45, 2.75) is 33.1 Å². The van der Waals surface area contributed by atoms with Crippen molar-refractivity contribution in [2.24, 2.45) is 11.3 Å². The van der Waals surface area contributed by atoms with E-state index in [1.165, 1.54) is 7.11 Å². The molecule has 3 heterocycles. The molecule has 25 heavy (non-hydrogen) atoms. The molecule has 0 bridgehead atoms. The van der Waals surface area contributed by atoms with Gasteiger partial charge in [-0.05, 0) is 44.7 Å². The summed E-state index contributed by atoms with van der Waals surface area (Å²) in [6.07, 6.45) is -0.963. The van der Waals surface area contributed by atoms with Gasteiger partial charge >= 0.3 is 5.97 Å². The lowest BCUT2D eigenvalue weighted by Crippen LogP contribution is -2.45. The van der Waals surface area contributed by atoms with Crippen molar-refractivity contribution in [1.82, 2.24) is 19.8 Å². The van der Waals surface area contributed by atoms with E-state index in [1.54, 1.807) is 12.1 Å². The number of rotatable bonds is 4. The molecule has 9 heteroatoms. The second-order valence-electron chi connectivity index (χ2n) is 6.82. The number of aromatic nitrogens is 4. The van der Waals surface area contributed by atoms with Gasteiger partial charge < -0.3 is 9.64 Å². The van der Waals surface area contributed by atoms with Gasteiger partial charge in [0.1, 0.15) is 5.82 Å². The third kappa shape index (κ3) is 3.14. The fourth-order valence-corrected chi connectivity index (χ4v) is 3.30. The number of fused-ring (bicyclic) bond motifs is 1. The van der Waals surface area contributed by atoms with Crippen LogP contribution >= 0.6 is 0 Å². The zero-order chi connectivity index (χ0) is 18.2. The molecule has 2 aromatic heterocycles. The van der Waals surface area contributed by atoms with Gasteiger partial charge in [-0.15, -0.1) is 15.3 Å². The summed E-state index contributed by atoms with van der Waals surface area (Å²) in [4.78, 5) is 14.1. The van der Waals surface area contributed by atoms with Crippen LogP contribution in [0, 0.1) is 11.3 Å². The predicted molar refractivity (Wildman–Crippen MR) is 86.5 cm³/mol. The molecule has 1 atom stereocenters. The second-order valence-corrected chi connectivity index (χ2v) is 6.82. The van der Waals surface area contributed by atoms with Crippen molar-refractivity contribution in [3.8, 4) is 0 Å². The molecule has 1 aliphatic rings. The molecular weight excluding hydrogens is 332 g/mol. The minimum absolute atomic E-state index is 0.0849. The average Bonchev–Trinajstić information content (AvgIpc) is 3.04. The third-order valence-electron chi connectivity index (χ3n) is 4.95. The highest BCUT2D eigenvalue weighted by atomic mass is 19.3. The number of halogens is 2. The number of carbonyl (C=O) groups excluding carboxylic acids is 1. The molecule has 0 amide bonds. The summed E-state index contributed by atoms with van der Waals surface area (Å²) in [6.45, 7) is 5.10. The van der Waals surface area contributed by atoms with E-state index in [9.17, 15) is 13.6 Å². The van der Waals surface area contributed by atoms with Crippen LogP contribution in [0.2, 0.25) is 0 Å². The van der Waals surface area contributed by atoms with Crippen LogP contribution < -0.4 is 4.90 Å². The molecule has 0 spiro atoms. The average molecular weight is 353 g/mol. The molecule has 0 N–H and O–H groups in total. The number of esters is 1. The highest BCUT2D eigenvalue weighted by molar-refractivity contribution is 5.76. The Morgan fingerprint density at radius 1 is 1.36 bits per heavy atom. The third-order valence-corrected chi connectivity index (χ3v) is 4.95. The number of piperidine rings is 1. The lowest BCUT2D eigenvalue weighted by Gasteiger charge is -2.40. The number of hydrogen-bond donors (Lipinski definition) is 0. The zero-order valence-electron chi connectivity index (χ0n) is 14.4. The van der Waals surface area contributed by atoms with Crippen molar-refractivity contribution in [2.75, 3.05) is 25.1 Å². The number of carbonyl (C=O) groups is 1. The maximum absolute atomic E-state index is 13.0. The summed E-state index contributed by atoms with van der Waals surface area (Å²) in [5, 5.41) is 11.5. The number of ether oxygens (including phenoxy) is 1. The van der Waals surface area contributed by atoms with Gasteiger partial charge in [0, 0.05) is 13.1 Å². The molecule has 3 rings (SSSR count). The Bertz CT molecular complexity index is 777. The number of methoxy groups -OCH3 is 1. The SMILES string of the molecule is COC(=O)C(C)(C)C1CCCN(c2ccc3nnc(C(F)F)n3n2)C1. The first-order valence-electron chi connectivity index (χ1n) is 8.18. The van der Waals surface area contributed by atoms with E-state index in [2.05, 4.69) is 15.3 Å². The van der Waals surface area contributed by atoms with Crippen LogP contribution in [0.1, 0.15) is 38.9 Å². The number of nitrogens with zero attached hydrogens (tertiary/aromatic N) is 5. The Morgan fingerprint density at radius 2 is 2.12 bits per heavy atom. The summed E-state index contributed by atoms with van der Waals surface area (Å²) in [5.41, 5.74) is -0.343. The van der Waals surface area contributed by atoms with Crippen LogP contribution in [0.25, 0.3) is 5.65 Å². The molecule has 136 valence electrons. The lowest BCUT2D eigenvalue weighted by atomic mass is 9.74. The largest absolute Gasteiger partial charge is 0.469 e. The Morgan fingerprint density at radius 3 is 2.80 bits per heavy atom. The van der Waals surface area contributed by atoms with Crippen LogP contribution in [0.15, 0.2) is 12.1 Å². The van der Waals surface area contributed by atoms with Crippen molar-refractivity contribution in [1.29, 1.82) is 0 Å². The minimum atomic E-state index is -2.75. The summed E-state index contributed by atoms with van der Waals surface area (Å²) in [6, 6.07) is 3.36. The first-order chi connectivity index (χ1) is 11.8. The van der Waals surface area contributed by atoms with Crippen LogP contribution in [0.3, 0.4) is 0 Å². The molecular formula is C16H21F2N5O2. The smallest absolute Gasteiger partial charge is 0.311 e. The first kappa shape index (κ1) is 17.5. The Labute approximate surface area is 144 Å². The minimum Gasteiger partial charge on any atom is -0.469 e. The monoisotopic (exact) mass is 353 g/mol. The van der Waals surface area contributed by atoms with Crippen LogP contribution in [0.4, 0.5) is 14.6 Å². The normalized spacial score (nSPS) is 18.8. The number of hydrogen-bond acceptors (Lipinski definition) is 6.